The second kappa shape index (κ2) is 4.87. The number of nitrogens with zero attached hydrogens (tertiary/aromatic N) is 2. The molecule has 7 nitrogen and oxygen atoms in total. The van der Waals surface area contributed by atoms with Gasteiger partial charge in [-0.1, -0.05) is 12.1 Å². The van der Waals surface area contributed by atoms with E-state index in [-0.39, 0.29) is 17.6 Å². The van der Waals surface area contributed by atoms with Gasteiger partial charge in [-0.2, -0.15) is 0 Å². The summed E-state index contributed by atoms with van der Waals surface area (Å²) in [6.07, 6.45) is 2.13. The van der Waals surface area contributed by atoms with Crippen LogP contribution in [0.3, 0.4) is 0 Å². The zero-order valence-electron chi connectivity index (χ0n) is 11.7. The third-order valence-corrected chi connectivity index (χ3v) is 4.01. The second-order valence-electron chi connectivity index (χ2n) is 5.42. The van der Waals surface area contributed by atoms with Gasteiger partial charge >= 0.3 is 0 Å². The molecule has 2 heterocycles. The Morgan fingerprint density at radius 3 is 2.73 bits per heavy atom. The average Bonchev–Trinajstić information content (AvgIpc) is 2.87. The van der Waals surface area contributed by atoms with Gasteiger partial charge in [-0.05, 0) is 40.9 Å². The molecule has 1 aliphatic heterocycles. The van der Waals surface area contributed by atoms with Crippen molar-refractivity contribution in [3.8, 4) is 5.75 Å². The Balaban J connectivity index is 1.85. The van der Waals surface area contributed by atoms with Crippen LogP contribution >= 0.6 is 0 Å². The highest BCUT2D eigenvalue weighted by molar-refractivity contribution is 6.00. The number of phenols is 1. The van der Waals surface area contributed by atoms with Gasteiger partial charge in [0.1, 0.15) is 5.75 Å². The molecular weight excluding hydrogens is 284 g/mol. The maximum Gasteiger partial charge on any atom is 0.219 e. The highest BCUT2D eigenvalue weighted by atomic mass is 16.6. The molecule has 0 unspecified atom stereocenters. The molecule has 1 aromatic heterocycles. The van der Waals surface area contributed by atoms with Crippen LogP contribution in [0.2, 0.25) is 0 Å². The molecule has 3 N–H and O–H groups in total. The minimum atomic E-state index is -0.343. The van der Waals surface area contributed by atoms with Gasteiger partial charge in [0.15, 0.2) is 5.78 Å². The van der Waals surface area contributed by atoms with E-state index in [0.717, 1.165) is 24.1 Å². The first kappa shape index (κ1) is 12.9. The summed E-state index contributed by atoms with van der Waals surface area (Å²) in [5.74, 6) is 1.26. The largest absolute Gasteiger partial charge is 0.508 e. The van der Waals surface area contributed by atoms with Crippen molar-refractivity contribution in [1.82, 2.24) is 10.3 Å². The number of anilines is 2. The van der Waals surface area contributed by atoms with Crippen LogP contribution in [0.25, 0.3) is 0 Å². The number of ketones is 1. The molecule has 2 aliphatic rings. The predicted molar refractivity (Wildman–Crippen MR) is 78.3 cm³/mol. The van der Waals surface area contributed by atoms with Crippen molar-refractivity contribution < 1.29 is 14.5 Å². The van der Waals surface area contributed by atoms with E-state index in [1.165, 1.54) is 0 Å². The summed E-state index contributed by atoms with van der Waals surface area (Å²) in [7, 11) is 0. The molecule has 0 saturated heterocycles. The summed E-state index contributed by atoms with van der Waals surface area (Å²) in [6.45, 7) is 0. The zero-order valence-corrected chi connectivity index (χ0v) is 11.7. The van der Waals surface area contributed by atoms with Gasteiger partial charge in [0.2, 0.25) is 11.6 Å². The smallest absolute Gasteiger partial charge is 0.219 e. The van der Waals surface area contributed by atoms with E-state index in [1.54, 1.807) is 24.3 Å². The SMILES string of the molecule is O=C1CCCC2=C1[C@H](c1ccc(O)cc1)Nc1nonc1N2. The lowest BCUT2D eigenvalue weighted by molar-refractivity contribution is -0.116. The first-order valence-corrected chi connectivity index (χ1v) is 7.13. The number of phenolic OH excluding ortho intramolecular Hbond substituents is 1. The Bertz CT molecular complexity index is 763. The molecule has 0 radical (unpaired) electrons. The van der Waals surface area contributed by atoms with Crippen molar-refractivity contribution in [3.05, 3.63) is 41.1 Å². The van der Waals surface area contributed by atoms with Crippen LogP contribution in [0, 0.1) is 0 Å². The average molecular weight is 298 g/mol. The molecule has 22 heavy (non-hydrogen) atoms. The van der Waals surface area contributed by atoms with Gasteiger partial charge in [0, 0.05) is 17.7 Å². The Labute approximate surface area is 126 Å². The lowest BCUT2D eigenvalue weighted by Crippen LogP contribution is -2.23. The van der Waals surface area contributed by atoms with E-state index < -0.39 is 0 Å². The first-order valence-electron chi connectivity index (χ1n) is 7.13. The summed E-state index contributed by atoms with van der Waals surface area (Å²) in [4.78, 5) is 12.5. The lowest BCUT2D eigenvalue weighted by Gasteiger charge is -2.24. The van der Waals surface area contributed by atoms with E-state index in [0.29, 0.717) is 23.6 Å². The van der Waals surface area contributed by atoms with Gasteiger partial charge in [-0.25, -0.2) is 4.63 Å². The van der Waals surface area contributed by atoms with E-state index in [4.69, 9.17) is 4.63 Å². The van der Waals surface area contributed by atoms with Crippen molar-refractivity contribution in [1.29, 1.82) is 0 Å². The van der Waals surface area contributed by atoms with Crippen LogP contribution in [0.4, 0.5) is 11.6 Å². The number of carbonyl (C=O) groups is 1. The third kappa shape index (κ3) is 2.02. The highest BCUT2D eigenvalue weighted by Gasteiger charge is 2.33. The minimum Gasteiger partial charge on any atom is -0.508 e. The predicted octanol–water partition coefficient (Wildman–Crippen LogP) is 2.36. The number of allylic oxidation sites excluding steroid dienone is 1. The number of hydrogen-bond acceptors (Lipinski definition) is 7. The fourth-order valence-electron chi connectivity index (χ4n) is 2.96. The van der Waals surface area contributed by atoms with E-state index in [9.17, 15) is 9.90 Å². The summed E-state index contributed by atoms with van der Waals surface area (Å²) in [5, 5.41) is 23.5. The number of hydrogen-bond donors (Lipinski definition) is 3. The Hall–Kier alpha value is -2.83. The van der Waals surface area contributed by atoms with Gasteiger partial charge in [-0.15, -0.1) is 0 Å². The number of carbonyl (C=O) groups excluding carboxylic acids is 1. The molecule has 112 valence electrons. The fourth-order valence-corrected chi connectivity index (χ4v) is 2.96. The second-order valence-corrected chi connectivity index (χ2v) is 5.42. The maximum absolute atomic E-state index is 12.5. The molecule has 1 atom stereocenters. The molecule has 0 saturated carbocycles. The highest BCUT2D eigenvalue weighted by Crippen LogP contribution is 2.39. The molecule has 0 amide bonds. The van der Waals surface area contributed by atoms with Gasteiger partial charge < -0.3 is 15.7 Å². The number of nitrogens with one attached hydrogen (secondary N) is 2. The van der Waals surface area contributed by atoms with Crippen LogP contribution < -0.4 is 10.6 Å². The fraction of sp³-hybridized carbons (Fsp3) is 0.267. The molecular formula is C15H14N4O3. The van der Waals surface area contributed by atoms with Crippen LogP contribution in [0.1, 0.15) is 30.9 Å². The molecule has 1 aromatic carbocycles. The first-order chi connectivity index (χ1) is 10.7. The molecule has 1 aliphatic carbocycles. The molecule has 0 fully saturated rings. The van der Waals surface area contributed by atoms with Crippen molar-refractivity contribution in [2.75, 3.05) is 10.6 Å². The van der Waals surface area contributed by atoms with Crippen LogP contribution in [0.15, 0.2) is 40.2 Å². The van der Waals surface area contributed by atoms with Crippen LogP contribution in [0.5, 0.6) is 5.75 Å². The number of aromatic hydroxyl groups is 1. The van der Waals surface area contributed by atoms with Crippen molar-refractivity contribution in [3.63, 3.8) is 0 Å². The number of Topliss-reactive ketones (excluding diaryl/α,β-unsaturated/α-hetero) is 1. The van der Waals surface area contributed by atoms with Gasteiger partial charge in [-0.3, -0.25) is 4.79 Å². The number of aromatic nitrogens is 2. The van der Waals surface area contributed by atoms with E-state index >= 15 is 0 Å². The quantitative estimate of drug-likeness (QED) is 0.743. The van der Waals surface area contributed by atoms with Crippen LogP contribution in [-0.2, 0) is 4.79 Å². The van der Waals surface area contributed by atoms with Gasteiger partial charge in [0.05, 0.1) is 6.04 Å². The Kier molecular flexibility index (Phi) is 2.85. The maximum atomic E-state index is 12.5. The third-order valence-electron chi connectivity index (χ3n) is 4.01. The lowest BCUT2D eigenvalue weighted by atomic mass is 9.87. The summed E-state index contributed by atoms with van der Waals surface area (Å²) in [6, 6.07) is 6.44. The van der Waals surface area contributed by atoms with E-state index in [1.807, 2.05) is 0 Å². The van der Waals surface area contributed by atoms with Crippen molar-refractivity contribution >= 4 is 17.4 Å². The molecule has 7 heteroatoms. The monoisotopic (exact) mass is 298 g/mol. The zero-order chi connectivity index (χ0) is 15.1. The van der Waals surface area contributed by atoms with Gasteiger partial charge in [0.25, 0.3) is 0 Å². The number of fused-ring (bicyclic) bond motifs is 1. The Morgan fingerprint density at radius 2 is 1.91 bits per heavy atom. The van der Waals surface area contributed by atoms with E-state index in [2.05, 4.69) is 20.9 Å². The summed E-state index contributed by atoms with van der Waals surface area (Å²) in [5.41, 5.74) is 2.44. The molecule has 2 aromatic rings. The number of benzene rings is 1. The van der Waals surface area contributed by atoms with Crippen molar-refractivity contribution in [2.45, 2.75) is 25.3 Å². The molecule has 0 bridgehead atoms. The minimum absolute atomic E-state index is 0.112. The number of rotatable bonds is 1. The van der Waals surface area contributed by atoms with Crippen molar-refractivity contribution in [2.24, 2.45) is 0 Å². The molecule has 0 spiro atoms. The summed E-state index contributed by atoms with van der Waals surface area (Å²) >= 11 is 0. The normalized spacial score (nSPS) is 20.5. The Morgan fingerprint density at radius 1 is 1.14 bits per heavy atom. The summed E-state index contributed by atoms with van der Waals surface area (Å²) < 4.78 is 4.76. The van der Waals surface area contributed by atoms with Crippen LogP contribution in [-0.4, -0.2) is 21.2 Å². The standard InChI is InChI=1S/C15H14N4O3/c20-9-6-4-8(5-7-9)13-12-10(2-1-3-11(12)21)16-14-15(17-13)19-22-18-14/h4-7,13,20H,1-3H2,(H,16,18)(H,17,19)/t13-/m0/s1. The topological polar surface area (TPSA) is 100 Å². The molecule has 4 rings (SSSR count).